The van der Waals surface area contributed by atoms with Crippen LogP contribution in [-0.4, -0.2) is 9.97 Å². The molecule has 0 spiro atoms. The maximum atomic E-state index is 5.36. The highest BCUT2D eigenvalue weighted by Crippen LogP contribution is 2.58. The van der Waals surface area contributed by atoms with Crippen molar-refractivity contribution in [3.8, 4) is 67.3 Å². The Morgan fingerprint density at radius 2 is 0.790 bits per heavy atom. The van der Waals surface area contributed by atoms with Crippen LogP contribution in [0.1, 0.15) is 22.3 Å². The van der Waals surface area contributed by atoms with Crippen molar-refractivity contribution in [1.82, 2.24) is 9.97 Å². The molecule has 0 bridgehead atoms. The third kappa shape index (κ3) is 5.78. The van der Waals surface area contributed by atoms with Crippen molar-refractivity contribution in [3.05, 3.63) is 253 Å². The van der Waals surface area contributed by atoms with Gasteiger partial charge >= 0.3 is 0 Å². The molecule has 0 amide bonds. The van der Waals surface area contributed by atoms with Gasteiger partial charge in [-0.05, 0) is 79.9 Å². The molecule has 1 aliphatic carbocycles. The van der Waals surface area contributed by atoms with Crippen molar-refractivity contribution < 1.29 is 0 Å². The van der Waals surface area contributed by atoms with E-state index < -0.39 is 5.41 Å². The van der Waals surface area contributed by atoms with Crippen LogP contribution in [0.3, 0.4) is 0 Å². The third-order valence-electron chi connectivity index (χ3n) is 12.6. The monoisotopic (exact) mass is 806 g/mol. The second-order valence-electron chi connectivity index (χ2n) is 16.0. The molecular formula is C59H38N2S. The van der Waals surface area contributed by atoms with E-state index in [1.807, 2.05) is 17.4 Å². The molecule has 0 saturated heterocycles. The first-order valence-corrected chi connectivity index (χ1v) is 22.0. The Kier molecular flexibility index (Phi) is 8.62. The molecule has 11 aromatic rings. The van der Waals surface area contributed by atoms with Crippen LogP contribution < -0.4 is 0 Å². The number of hydrogen-bond donors (Lipinski definition) is 0. The van der Waals surface area contributed by atoms with Crippen LogP contribution in [0.4, 0.5) is 0 Å². The summed E-state index contributed by atoms with van der Waals surface area (Å²) in [6, 6.07) is 83.5. The number of fused-ring (bicyclic) bond motifs is 6. The zero-order valence-corrected chi connectivity index (χ0v) is 34.6. The van der Waals surface area contributed by atoms with E-state index in [1.54, 1.807) is 0 Å². The van der Waals surface area contributed by atoms with Gasteiger partial charge in [0.05, 0.1) is 16.8 Å². The lowest BCUT2D eigenvalue weighted by molar-refractivity contribution is 0.770. The molecule has 12 rings (SSSR count). The average Bonchev–Trinajstić information content (AvgIpc) is 3.88. The fourth-order valence-electron chi connectivity index (χ4n) is 9.85. The smallest absolute Gasteiger partial charge is 0.160 e. The number of benzene rings is 9. The fraction of sp³-hybridized carbons (Fsp3) is 0.0169. The van der Waals surface area contributed by atoms with Gasteiger partial charge in [-0.3, -0.25) is 0 Å². The zero-order valence-electron chi connectivity index (χ0n) is 33.7. The summed E-state index contributed by atoms with van der Waals surface area (Å²) >= 11 is 1.85. The number of nitrogens with zero attached hydrogens (tertiary/aromatic N) is 2. The molecule has 0 aliphatic heterocycles. The number of hydrogen-bond acceptors (Lipinski definition) is 3. The van der Waals surface area contributed by atoms with Gasteiger partial charge in [-0.15, -0.1) is 11.3 Å². The van der Waals surface area contributed by atoms with E-state index >= 15 is 0 Å². The molecule has 0 fully saturated rings. The summed E-state index contributed by atoms with van der Waals surface area (Å²) in [5.41, 5.74) is 16.5. The van der Waals surface area contributed by atoms with Crippen molar-refractivity contribution in [3.63, 3.8) is 0 Å². The Morgan fingerprint density at radius 3 is 1.47 bits per heavy atom. The Bertz CT molecular complexity index is 3410. The summed E-state index contributed by atoms with van der Waals surface area (Å²) in [6.07, 6.45) is 0. The molecule has 62 heavy (non-hydrogen) atoms. The first kappa shape index (κ1) is 36.2. The van der Waals surface area contributed by atoms with Gasteiger partial charge in [-0.2, -0.15) is 0 Å². The number of aromatic nitrogens is 2. The molecule has 2 nitrogen and oxygen atoms in total. The summed E-state index contributed by atoms with van der Waals surface area (Å²) in [4.78, 5) is 10.6. The van der Waals surface area contributed by atoms with Crippen LogP contribution in [0.2, 0.25) is 0 Å². The normalized spacial score (nSPS) is 12.6. The van der Waals surface area contributed by atoms with Gasteiger partial charge in [-0.25, -0.2) is 9.97 Å². The van der Waals surface area contributed by atoms with Gasteiger partial charge in [0.2, 0.25) is 0 Å². The van der Waals surface area contributed by atoms with Crippen molar-refractivity contribution in [2.75, 3.05) is 0 Å². The van der Waals surface area contributed by atoms with Crippen molar-refractivity contribution in [2.24, 2.45) is 0 Å². The van der Waals surface area contributed by atoms with E-state index in [1.165, 1.54) is 70.2 Å². The van der Waals surface area contributed by atoms with Gasteiger partial charge < -0.3 is 0 Å². The number of rotatable bonds is 7. The van der Waals surface area contributed by atoms with Crippen LogP contribution in [0.15, 0.2) is 231 Å². The van der Waals surface area contributed by atoms with E-state index in [0.29, 0.717) is 5.82 Å². The summed E-state index contributed by atoms with van der Waals surface area (Å²) in [5.74, 6) is 0.694. The SMILES string of the molecule is c1ccc(-c2nc(-c3ccc(-c4ccc5sc6ccccc6c5c4)cc3)cc(-c3ccccc3-c3ccccc3C3(c4ccccc4)c4ccccc4-c4ccccc43)n2)cc1. The summed E-state index contributed by atoms with van der Waals surface area (Å²) in [6.45, 7) is 0. The lowest BCUT2D eigenvalue weighted by Crippen LogP contribution is -2.29. The highest BCUT2D eigenvalue weighted by molar-refractivity contribution is 7.25. The minimum absolute atomic E-state index is 0.549. The predicted octanol–water partition coefficient (Wildman–Crippen LogP) is 15.5. The molecule has 2 heterocycles. The summed E-state index contributed by atoms with van der Waals surface area (Å²) in [7, 11) is 0. The molecule has 9 aromatic carbocycles. The molecule has 3 heteroatoms. The molecule has 0 N–H and O–H groups in total. The van der Waals surface area contributed by atoms with Crippen LogP contribution in [-0.2, 0) is 5.41 Å². The lowest BCUT2D eigenvalue weighted by atomic mass is 9.65. The van der Waals surface area contributed by atoms with E-state index in [9.17, 15) is 0 Å². The molecule has 290 valence electrons. The van der Waals surface area contributed by atoms with Gasteiger partial charge in [0.25, 0.3) is 0 Å². The second-order valence-corrected chi connectivity index (χ2v) is 17.1. The zero-order chi connectivity index (χ0) is 41.0. The quantitative estimate of drug-likeness (QED) is 0.160. The predicted molar refractivity (Wildman–Crippen MR) is 259 cm³/mol. The Balaban J connectivity index is 1.02. The van der Waals surface area contributed by atoms with Crippen molar-refractivity contribution in [2.45, 2.75) is 5.41 Å². The van der Waals surface area contributed by atoms with Crippen LogP contribution in [0, 0.1) is 0 Å². The first-order chi connectivity index (χ1) is 30.7. The van der Waals surface area contributed by atoms with Crippen molar-refractivity contribution >= 4 is 31.5 Å². The van der Waals surface area contributed by atoms with Gasteiger partial charge in [0.1, 0.15) is 0 Å². The molecule has 0 saturated carbocycles. The topological polar surface area (TPSA) is 25.8 Å². The third-order valence-corrected chi connectivity index (χ3v) is 13.8. The van der Waals surface area contributed by atoms with E-state index in [4.69, 9.17) is 9.97 Å². The first-order valence-electron chi connectivity index (χ1n) is 21.1. The van der Waals surface area contributed by atoms with Gasteiger partial charge in [0.15, 0.2) is 5.82 Å². The highest BCUT2D eigenvalue weighted by atomic mass is 32.1. The van der Waals surface area contributed by atoms with Gasteiger partial charge in [0, 0.05) is 36.9 Å². The Morgan fingerprint density at radius 1 is 0.306 bits per heavy atom. The van der Waals surface area contributed by atoms with E-state index in [0.717, 1.165) is 33.6 Å². The molecule has 2 aromatic heterocycles. The van der Waals surface area contributed by atoms with Crippen LogP contribution >= 0.6 is 11.3 Å². The van der Waals surface area contributed by atoms with Crippen LogP contribution in [0.25, 0.3) is 87.5 Å². The molecule has 0 atom stereocenters. The molecule has 0 unspecified atom stereocenters. The van der Waals surface area contributed by atoms with Crippen molar-refractivity contribution in [1.29, 1.82) is 0 Å². The maximum absolute atomic E-state index is 5.36. The van der Waals surface area contributed by atoms with Crippen LogP contribution in [0.5, 0.6) is 0 Å². The lowest BCUT2D eigenvalue weighted by Gasteiger charge is -2.35. The molecule has 1 aliphatic rings. The number of thiophene rings is 1. The molecule has 0 radical (unpaired) electrons. The summed E-state index contributed by atoms with van der Waals surface area (Å²) in [5, 5.41) is 2.61. The summed E-state index contributed by atoms with van der Waals surface area (Å²) < 4.78 is 2.63. The second kappa shape index (κ2) is 14.8. The minimum atomic E-state index is -0.549. The maximum Gasteiger partial charge on any atom is 0.160 e. The van der Waals surface area contributed by atoms with E-state index in [2.05, 4.69) is 224 Å². The standard InChI is InChI=1S/C59H38N2S/c1-3-17-41(18-4-1)58-60-54(40-33-31-39(32-34-40)42-35-36-57-50(37-42)49-26-12-16-30-56(49)62-57)38-55(61-58)48-25-8-7-21-44(48)45-22-9-13-27-51(45)59(43-19-5-2-6-20-43)52-28-14-10-23-46(52)47-24-11-15-29-53(47)59/h1-38H. The minimum Gasteiger partial charge on any atom is -0.228 e. The Hall–Kier alpha value is -7.72. The van der Waals surface area contributed by atoms with Gasteiger partial charge in [-0.1, -0.05) is 206 Å². The highest BCUT2D eigenvalue weighted by Gasteiger charge is 2.47. The largest absolute Gasteiger partial charge is 0.228 e. The molecular weight excluding hydrogens is 769 g/mol. The van der Waals surface area contributed by atoms with E-state index in [-0.39, 0.29) is 0 Å². The average molecular weight is 807 g/mol. The fourth-order valence-corrected chi connectivity index (χ4v) is 10.9. The Labute approximate surface area is 365 Å².